The van der Waals surface area contributed by atoms with Gasteiger partial charge in [0.25, 0.3) is 0 Å². The van der Waals surface area contributed by atoms with Crippen molar-refractivity contribution in [3.63, 3.8) is 0 Å². The molecule has 2 atom stereocenters. The number of carbonyl (C=O) groups excluding carboxylic acids is 2. The second kappa shape index (κ2) is 6.00. The Balaban J connectivity index is 1.77. The first kappa shape index (κ1) is 14.3. The predicted octanol–water partition coefficient (Wildman–Crippen LogP) is 3.08. The van der Waals surface area contributed by atoms with Gasteiger partial charge in [-0.3, -0.25) is 9.59 Å². The van der Waals surface area contributed by atoms with Gasteiger partial charge in [0.15, 0.2) is 0 Å². The monoisotopic (exact) mass is 285 g/mol. The van der Waals surface area contributed by atoms with Crippen LogP contribution in [0.5, 0.6) is 0 Å². The molecule has 1 aliphatic carbocycles. The van der Waals surface area contributed by atoms with Gasteiger partial charge in [0.05, 0.1) is 5.92 Å². The zero-order chi connectivity index (χ0) is 14.8. The van der Waals surface area contributed by atoms with Gasteiger partial charge in [0.2, 0.25) is 5.91 Å². The summed E-state index contributed by atoms with van der Waals surface area (Å²) in [6.07, 6.45) is 5.70. The average Bonchev–Trinajstić information content (AvgIpc) is 2.65. The molecule has 112 valence electrons. The maximum Gasteiger partial charge on any atom is 0.230 e. The van der Waals surface area contributed by atoms with Crippen molar-refractivity contribution in [3.05, 3.63) is 35.4 Å². The van der Waals surface area contributed by atoms with Gasteiger partial charge in [-0.25, -0.2) is 0 Å². The van der Waals surface area contributed by atoms with E-state index >= 15 is 0 Å². The van der Waals surface area contributed by atoms with E-state index in [-0.39, 0.29) is 23.7 Å². The molecule has 0 saturated carbocycles. The molecule has 1 heterocycles. The van der Waals surface area contributed by atoms with Crippen molar-refractivity contribution in [1.29, 1.82) is 0 Å². The highest BCUT2D eigenvalue weighted by Gasteiger charge is 2.37. The zero-order valence-corrected chi connectivity index (χ0v) is 12.7. The quantitative estimate of drug-likeness (QED) is 0.856. The number of amides is 1. The minimum Gasteiger partial charge on any atom is -0.339 e. The number of fused-ring (bicyclic) bond motifs is 1. The van der Waals surface area contributed by atoms with Gasteiger partial charge in [-0.15, -0.1) is 0 Å². The standard InChI is InChI=1S/C18H23NO2/c1-13(20)11-15-8-3-2-6-10-19(15)18(21)17-12-14-7-4-5-9-16(14)17/h4-5,7,9,15,17H,2-3,6,8,10-12H2,1H3. The van der Waals surface area contributed by atoms with Gasteiger partial charge < -0.3 is 4.90 Å². The Morgan fingerprint density at radius 1 is 1.19 bits per heavy atom. The van der Waals surface area contributed by atoms with Gasteiger partial charge in [-0.1, -0.05) is 37.1 Å². The van der Waals surface area contributed by atoms with E-state index in [2.05, 4.69) is 12.1 Å². The summed E-state index contributed by atoms with van der Waals surface area (Å²) in [5.74, 6) is 0.448. The summed E-state index contributed by atoms with van der Waals surface area (Å²) in [5, 5.41) is 0. The van der Waals surface area contributed by atoms with Gasteiger partial charge in [-0.05, 0) is 37.3 Å². The third-order valence-electron chi connectivity index (χ3n) is 4.84. The molecule has 0 bridgehead atoms. The summed E-state index contributed by atoms with van der Waals surface area (Å²) in [5.41, 5.74) is 2.49. The van der Waals surface area contributed by atoms with Gasteiger partial charge in [0, 0.05) is 19.0 Å². The van der Waals surface area contributed by atoms with Crippen LogP contribution in [0.15, 0.2) is 24.3 Å². The van der Waals surface area contributed by atoms with Crippen molar-refractivity contribution in [2.45, 2.75) is 57.4 Å². The van der Waals surface area contributed by atoms with Crippen LogP contribution in [0.1, 0.15) is 56.1 Å². The molecule has 1 fully saturated rings. The third-order valence-corrected chi connectivity index (χ3v) is 4.84. The van der Waals surface area contributed by atoms with Crippen molar-refractivity contribution in [1.82, 2.24) is 4.90 Å². The number of benzene rings is 1. The Labute approximate surface area is 126 Å². The van der Waals surface area contributed by atoms with E-state index in [1.165, 1.54) is 17.5 Å². The van der Waals surface area contributed by atoms with Crippen LogP contribution in [0.4, 0.5) is 0 Å². The lowest BCUT2D eigenvalue weighted by Gasteiger charge is -2.37. The Kier molecular flexibility index (Phi) is 4.09. The first-order chi connectivity index (χ1) is 10.2. The molecule has 0 aromatic heterocycles. The number of nitrogens with zero attached hydrogens (tertiary/aromatic N) is 1. The van der Waals surface area contributed by atoms with Crippen LogP contribution in [0.2, 0.25) is 0 Å². The number of rotatable bonds is 3. The van der Waals surface area contributed by atoms with Crippen LogP contribution in [0.25, 0.3) is 0 Å². The smallest absolute Gasteiger partial charge is 0.230 e. The first-order valence-electron chi connectivity index (χ1n) is 8.04. The fourth-order valence-electron chi connectivity index (χ4n) is 3.69. The molecule has 3 heteroatoms. The van der Waals surface area contributed by atoms with E-state index in [1.807, 2.05) is 17.0 Å². The molecule has 21 heavy (non-hydrogen) atoms. The fraction of sp³-hybridized carbons (Fsp3) is 0.556. The van der Waals surface area contributed by atoms with Gasteiger partial charge in [-0.2, -0.15) is 0 Å². The van der Waals surface area contributed by atoms with E-state index in [0.29, 0.717) is 6.42 Å². The van der Waals surface area contributed by atoms with Gasteiger partial charge in [0.1, 0.15) is 5.78 Å². The highest BCUT2D eigenvalue weighted by Crippen LogP contribution is 2.37. The van der Waals surface area contributed by atoms with Crippen molar-refractivity contribution < 1.29 is 9.59 Å². The molecule has 3 nitrogen and oxygen atoms in total. The normalized spacial score (nSPS) is 24.7. The Bertz CT molecular complexity index is 552. The van der Waals surface area contributed by atoms with E-state index in [4.69, 9.17) is 0 Å². The highest BCUT2D eigenvalue weighted by molar-refractivity contribution is 5.88. The second-order valence-electron chi connectivity index (χ2n) is 6.40. The number of hydrogen-bond donors (Lipinski definition) is 0. The van der Waals surface area contributed by atoms with E-state index in [0.717, 1.165) is 32.2 Å². The van der Waals surface area contributed by atoms with Crippen molar-refractivity contribution in [2.75, 3.05) is 6.54 Å². The molecule has 1 aromatic carbocycles. The van der Waals surface area contributed by atoms with Crippen LogP contribution < -0.4 is 0 Å². The molecule has 0 spiro atoms. The summed E-state index contributed by atoms with van der Waals surface area (Å²) in [6, 6.07) is 8.33. The van der Waals surface area contributed by atoms with Crippen LogP contribution in [-0.2, 0) is 16.0 Å². The molecule has 1 amide bonds. The third kappa shape index (κ3) is 2.87. The number of ketones is 1. The van der Waals surface area contributed by atoms with Crippen LogP contribution in [-0.4, -0.2) is 29.2 Å². The van der Waals surface area contributed by atoms with Gasteiger partial charge >= 0.3 is 0 Å². The molecule has 3 rings (SSSR count). The Morgan fingerprint density at radius 3 is 2.76 bits per heavy atom. The number of carbonyl (C=O) groups is 2. The molecule has 1 saturated heterocycles. The van der Waals surface area contributed by atoms with Crippen LogP contribution in [0, 0.1) is 0 Å². The lowest BCUT2D eigenvalue weighted by atomic mass is 9.76. The predicted molar refractivity (Wildman–Crippen MR) is 82.2 cm³/mol. The topological polar surface area (TPSA) is 37.4 Å². The highest BCUT2D eigenvalue weighted by atomic mass is 16.2. The van der Waals surface area contributed by atoms with E-state index < -0.39 is 0 Å². The number of likely N-dealkylation sites (tertiary alicyclic amines) is 1. The minimum absolute atomic E-state index is 0.0220. The van der Waals surface area contributed by atoms with E-state index in [1.54, 1.807) is 6.92 Å². The molecule has 0 radical (unpaired) electrons. The number of Topliss-reactive ketones (excluding diaryl/α,β-unsaturated/α-hetero) is 1. The van der Waals surface area contributed by atoms with E-state index in [9.17, 15) is 9.59 Å². The lowest BCUT2D eigenvalue weighted by molar-refractivity contribution is -0.136. The van der Waals surface area contributed by atoms with Crippen LogP contribution in [0.3, 0.4) is 0 Å². The minimum atomic E-state index is 0.0220. The largest absolute Gasteiger partial charge is 0.339 e. The van der Waals surface area contributed by atoms with Crippen molar-refractivity contribution in [3.8, 4) is 0 Å². The molecule has 0 N–H and O–H groups in total. The lowest BCUT2D eigenvalue weighted by Crippen LogP contribution is -2.45. The maximum atomic E-state index is 12.9. The zero-order valence-electron chi connectivity index (χ0n) is 12.7. The summed E-state index contributed by atoms with van der Waals surface area (Å²) in [7, 11) is 0. The number of hydrogen-bond acceptors (Lipinski definition) is 2. The SMILES string of the molecule is CC(=O)CC1CCCCCN1C(=O)C1Cc2ccccc21. The first-order valence-corrected chi connectivity index (χ1v) is 8.04. The van der Waals surface area contributed by atoms with Crippen LogP contribution >= 0.6 is 0 Å². The molecular weight excluding hydrogens is 262 g/mol. The van der Waals surface area contributed by atoms with Crippen molar-refractivity contribution in [2.24, 2.45) is 0 Å². The molecule has 1 aromatic rings. The average molecular weight is 285 g/mol. The summed E-state index contributed by atoms with van der Waals surface area (Å²) in [4.78, 5) is 26.4. The summed E-state index contributed by atoms with van der Waals surface area (Å²) in [6.45, 7) is 2.45. The molecule has 1 aliphatic heterocycles. The van der Waals surface area contributed by atoms with Crippen molar-refractivity contribution >= 4 is 11.7 Å². The Hall–Kier alpha value is -1.64. The maximum absolute atomic E-state index is 12.9. The molecule has 2 aliphatic rings. The molecule has 2 unspecified atom stereocenters. The fourth-order valence-corrected chi connectivity index (χ4v) is 3.69. The Morgan fingerprint density at radius 2 is 2.00 bits per heavy atom. The summed E-state index contributed by atoms with van der Waals surface area (Å²) >= 11 is 0. The second-order valence-corrected chi connectivity index (χ2v) is 6.40. The summed E-state index contributed by atoms with van der Waals surface area (Å²) < 4.78 is 0. The molecular formula is C18H23NO2.